The Bertz CT molecular complexity index is 3460. The summed E-state index contributed by atoms with van der Waals surface area (Å²) in [6.07, 6.45) is 0. The van der Waals surface area contributed by atoms with Crippen LogP contribution in [0.25, 0.3) is 115 Å². The molecule has 0 radical (unpaired) electrons. The van der Waals surface area contributed by atoms with Gasteiger partial charge >= 0.3 is 0 Å². The van der Waals surface area contributed by atoms with Gasteiger partial charge in [0.25, 0.3) is 0 Å². The Balaban J connectivity index is 1.12. The van der Waals surface area contributed by atoms with Crippen molar-refractivity contribution in [3.8, 4) is 39.4 Å². The van der Waals surface area contributed by atoms with E-state index in [-0.39, 0.29) is 0 Å². The van der Waals surface area contributed by atoms with E-state index >= 15 is 0 Å². The van der Waals surface area contributed by atoms with Crippen LogP contribution in [0.3, 0.4) is 0 Å². The summed E-state index contributed by atoms with van der Waals surface area (Å²) in [4.78, 5) is 4.89. The van der Waals surface area contributed by atoms with Gasteiger partial charge in [-0.3, -0.25) is 0 Å². The minimum absolute atomic E-state index is 0.639. The number of benzene rings is 10. The Hall–Kier alpha value is -7.49. The first-order valence-electron chi connectivity index (χ1n) is 19.1. The molecule has 260 valence electrons. The highest BCUT2D eigenvalue weighted by molar-refractivity contribution is 6.27. The first kappa shape index (κ1) is 30.9. The van der Waals surface area contributed by atoms with Gasteiger partial charge in [0.15, 0.2) is 5.58 Å². The maximum Gasteiger partial charge on any atom is 0.227 e. The molecule has 0 saturated carbocycles. The van der Waals surface area contributed by atoms with Crippen molar-refractivity contribution in [2.45, 2.75) is 0 Å². The molecule has 0 bridgehead atoms. The predicted octanol–water partition coefficient (Wildman–Crippen LogP) is 14.5. The molecule has 56 heavy (non-hydrogen) atoms. The highest BCUT2D eigenvalue weighted by atomic mass is 16.3. The van der Waals surface area contributed by atoms with Crippen molar-refractivity contribution in [2.24, 2.45) is 0 Å². The molecule has 0 unspecified atom stereocenters. The predicted molar refractivity (Wildman–Crippen MR) is 235 cm³/mol. The van der Waals surface area contributed by atoms with Crippen LogP contribution in [0.2, 0.25) is 0 Å². The number of hydrogen-bond donors (Lipinski definition) is 0. The highest BCUT2D eigenvalue weighted by Gasteiger charge is 2.22. The second kappa shape index (κ2) is 12.0. The molecule has 2 aromatic heterocycles. The standard InChI is InChI=1S/C53H32N2O/c1-3-14-34(15-4-1)53-54-45-31-29-33-26-27-35-32-36(28-30-38(35)49(33)52(45)56-53)48-39-18-7-9-20-41(39)50(42-21-10-8-19-40(42)48)44-23-13-25-47-51(44)43-22-11-12-24-46(43)55(47)37-16-5-2-6-17-37/h1-32H. The van der Waals surface area contributed by atoms with E-state index in [1.165, 1.54) is 65.6 Å². The van der Waals surface area contributed by atoms with Crippen molar-refractivity contribution in [3.05, 3.63) is 194 Å². The molecular formula is C53H32N2O. The molecule has 0 aliphatic heterocycles. The summed E-state index contributed by atoms with van der Waals surface area (Å²) in [6, 6.07) is 69.9. The summed E-state index contributed by atoms with van der Waals surface area (Å²) in [6.45, 7) is 0. The largest absolute Gasteiger partial charge is 0.435 e. The van der Waals surface area contributed by atoms with Crippen LogP contribution in [0, 0.1) is 0 Å². The van der Waals surface area contributed by atoms with Crippen LogP contribution in [0.1, 0.15) is 0 Å². The lowest BCUT2D eigenvalue weighted by molar-refractivity contribution is 0.623. The first-order chi connectivity index (χ1) is 27.8. The number of fused-ring (bicyclic) bond motifs is 10. The van der Waals surface area contributed by atoms with Crippen molar-refractivity contribution in [1.29, 1.82) is 0 Å². The van der Waals surface area contributed by atoms with Gasteiger partial charge in [-0.1, -0.05) is 146 Å². The zero-order valence-electron chi connectivity index (χ0n) is 30.3. The lowest BCUT2D eigenvalue weighted by Crippen LogP contribution is -1.94. The molecule has 10 aromatic carbocycles. The van der Waals surface area contributed by atoms with E-state index < -0.39 is 0 Å². The van der Waals surface area contributed by atoms with E-state index in [0.717, 1.165) is 43.9 Å². The van der Waals surface area contributed by atoms with Crippen molar-refractivity contribution in [2.75, 3.05) is 0 Å². The summed E-state index contributed by atoms with van der Waals surface area (Å²) in [5.41, 5.74) is 11.1. The van der Waals surface area contributed by atoms with Crippen LogP contribution < -0.4 is 0 Å². The molecule has 3 heteroatoms. The highest BCUT2D eigenvalue weighted by Crippen LogP contribution is 2.48. The Morgan fingerprint density at radius 3 is 1.75 bits per heavy atom. The molecule has 12 rings (SSSR count). The van der Waals surface area contributed by atoms with E-state index in [4.69, 9.17) is 9.40 Å². The number of rotatable bonds is 4. The van der Waals surface area contributed by atoms with Crippen LogP contribution in [0.5, 0.6) is 0 Å². The Morgan fingerprint density at radius 2 is 1.00 bits per heavy atom. The minimum Gasteiger partial charge on any atom is -0.435 e. The van der Waals surface area contributed by atoms with Gasteiger partial charge in [-0.15, -0.1) is 0 Å². The third kappa shape index (κ3) is 4.49. The summed E-state index contributed by atoms with van der Waals surface area (Å²) in [5.74, 6) is 0.639. The zero-order chi connectivity index (χ0) is 36.7. The van der Waals surface area contributed by atoms with Gasteiger partial charge in [-0.05, 0) is 108 Å². The molecule has 0 amide bonds. The molecule has 2 heterocycles. The van der Waals surface area contributed by atoms with Gasteiger partial charge in [0, 0.05) is 27.4 Å². The first-order valence-corrected chi connectivity index (χ1v) is 19.1. The second-order valence-corrected chi connectivity index (χ2v) is 14.6. The van der Waals surface area contributed by atoms with E-state index in [0.29, 0.717) is 5.89 Å². The molecule has 0 atom stereocenters. The summed E-state index contributed by atoms with van der Waals surface area (Å²) in [7, 11) is 0. The fourth-order valence-electron chi connectivity index (χ4n) is 9.20. The van der Waals surface area contributed by atoms with Gasteiger partial charge in [0.05, 0.1) is 11.0 Å². The summed E-state index contributed by atoms with van der Waals surface area (Å²) < 4.78 is 8.94. The molecule has 12 aromatic rings. The number of aromatic nitrogens is 2. The second-order valence-electron chi connectivity index (χ2n) is 14.6. The monoisotopic (exact) mass is 712 g/mol. The average molecular weight is 713 g/mol. The van der Waals surface area contributed by atoms with Crippen molar-refractivity contribution < 1.29 is 4.42 Å². The summed E-state index contributed by atoms with van der Waals surface area (Å²) in [5, 5.41) is 12.0. The SMILES string of the molecule is c1ccc(-c2nc3ccc4ccc5cc(-c6c7ccccc7c(-c7cccc8c7c7ccccc7n8-c7ccccc7)c7ccccc67)ccc5c4c3o2)cc1. The maximum absolute atomic E-state index is 6.53. The molecule has 0 spiro atoms. The number of nitrogens with zero attached hydrogens (tertiary/aromatic N) is 2. The normalized spacial score (nSPS) is 11.9. The number of para-hydroxylation sites is 2. The molecule has 0 N–H and O–H groups in total. The Morgan fingerprint density at radius 1 is 0.393 bits per heavy atom. The molecular weight excluding hydrogens is 681 g/mol. The van der Waals surface area contributed by atoms with E-state index in [1.54, 1.807) is 0 Å². The van der Waals surface area contributed by atoms with Crippen LogP contribution in [0.4, 0.5) is 0 Å². The van der Waals surface area contributed by atoms with Crippen LogP contribution in [-0.2, 0) is 0 Å². The number of hydrogen-bond acceptors (Lipinski definition) is 2. The van der Waals surface area contributed by atoms with Crippen molar-refractivity contribution >= 4 is 76.0 Å². The third-order valence-corrected chi connectivity index (χ3v) is 11.6. The minimum atomic E-state index is 0.639. The van der Waals surface area contributed by atoms with Crippen LogP contribution in [0.15, 0.2) is 199 Å². The van der Waals surface area contributed by atoms with Gasteiger partial charge in [-0.25, -0.2) is 4.98 Å². The molecule has 0 aliphatic carbocycles. The molecule has 0 fully saturated rings. The maximum atomic E-state index is 6.53. The smallest absolute Gasteiger partial charge is 0.227 e. The number of oxazole rings is 1. The van der Waals surface area contributed by atoms with Crippen molar-refractivity contribution in [1.82, 2.24) is 9.55 Å². The lowest BCUT2D eigenvalue weighted by Gasteiger charge is -2.19. The van der Waals surface area contributed by atoms with Gasteiger partial charge in [0.1, 0.15) is 5.52 Å². The van der Waals surface area contributed by atoms with Crippen molar-refractivity contribution in [3.63, 3.8) is 0 Å². The summed E-state index contributed by atoms with van der Waals surface area (Å²) >= 11 is 0. The van der Waals surface area contributed by atoms with Crippen LogP contribution >= 0.6 is 0 Å². The molecule has 3 nitrogen and oxygen atoms in total. The average Bonchev–Trinajstić information content (AvgIpc) is 3.86. The Labute approximate surface area is 322 Å². The fourth-order valence-corrected chi connectivity index (χ4v) is 9.20. The fraction of sp³-hybridized carbons (Fsp3) is 0. The van der Waals surface area contributed by atoms with E-state index in [2.05, 4.69) is 168 Å². The van der Waals surface area contributed by atoms with Gasteiger partial charge in [0.2, 0.25) is 5.89 Å². The van der Waals surface area contributed by atoms with E-state index in [1.807, 2.05) is 30.3 Å². The lowest BCUT2D eigenvalue weighted by atomic mass is 9.84. The topological polar surface area (TPSA) is 31.0 Å². The van der Waals surface area contributed by atoms with Gasteiger partial charge < -0.3 is 8.98 Å². The zero-order valence-corrected chi connectivity index (χ0v) is 30.3. The van der Waals surface area contributed by atoms with Crippen LogP contribution in [-0.4, -0.2) is 9.55 Å². The quantitative estimate of drug-likeness (QED) is 0.134. The molecule has 0 saturated heterocycles. The molecule has 0 aliphatic rings. The third-order valence-electron chi connectivity index (χ3n) is 11.6. The van der Waals surface area contributed by atoms with E-state index in [9.17, 15) is 0 Å². The Kier molecular flexibility index (Phi) is 6.63. The van der Waals surface area contributed by atoms with Gasteiger partial charge in [-0.2, -0.15) is 0 Å².